The van der Waals surface area contributed by atoms with Gasteiger partial charge in [0, 0.05) is 32.8 Å². The predicted molar refractivity (Wildman–Crippen MR) is 211 cm³/mol. The van der Waals surface area contributed by atoms with E-state index in [0.29, 0.717) is 0 Å². The molecule has 0 amide bonds. The van der Waals surface area contributed by atoms with Gasteiger partial charge >= 0.3 is 0 Å². The van der Waals surface area contributed by atoms with E-state index < -0.39 is 0 Å². The van der Waals surface area contributed by atoms with E-state index in [1.54, 1.807) is 0 Å². The maximum Gasteiger partial charge on any atom is 0.0549 e. The Bertz CT molecular complexity index is 2860. The van der Waals surface area contributed by atoms with Crippen LogP contribution in [-0.2, 0) is 0 Å². The molecule has 0 fully saturated rings. The molecule has 0 atom stereocenters. The van der Waals surface area contributed by atoms with Crippen LogP contribution in [-0.4, -0.2) is 9.13 Å². The SMILES string of the molecule is c1ccc(-c2cccc(-n3c4ccccc4c4c5c6ccccc6n(-c6ccccc6-c6ccccc6-c6ccccc6)c5ccc43)c2)cc1. The maximum atomic E-state index is 2.48. The molecule has 0 unspecified atom stereocenters. The Kier molecular flexibility index (Phi) is 6.53. The average Bonchev–Trinajstić information content (AvgIpc) is 3.71. The lowest BCUT2D eigenvalue weighted by atomic mass is 9.93. The van der Waals surface area contributed by atoms with Crippen molar-refractivity contribution < 1.29 is 0 Å². The first-order valence-corrected chi connectivity index (χ1v) is 17.2. The lowest BCUT2D eigenvalue weighted by Gasteiger charge is -2.17. The zero-order valence-electron chi connectivity index (χ0n) is 27.4. The molecule has 0 saturated carbocycles. The van der Waals surface area contributed by atoms with Crippen LogP contribution >= 0.6 is 0 Å². The second kappa shape index (κ2) is 11.5. The first kappa shape index (κ1) is 28.4. The van der Waals surface area contributed by atoms with E-state index >= 15 is 0 Å². The van der Waals surface area contributed by atoms with Crippen molar-refractivity contribution >= 4 is 43.6 Å². The monoisotopic (exact) mass is 636 g/mol. The minimum absolute atomic E-state index is 1.16. The molecule has 2 heterocycles. The van der Waals surface area contributed by atoms with E-state index in [9.17, 15) is 0 Å². The fourth-order valence-electron chi connectivity index (χ4n) is 7.99. The van der Waals surface area contributed by atoms with Crippen molar-refractivity contribution in [3.63, 3.8) is 0 Å². The van der Waals surface area contributed by atoms with Gasteiger partial charge in [-0.25, -0.2) is 0 Å². The normalized spacial score (nSPS) is 11.6. The van der Waals surface area contributed by atoms with Crippen molar-refractivity contribution in [2.45, 2.75) is 0 Å². The minimum atomic E-state index is 1.16. The van der Waals surface area contributed by atoms with E-state index in [1.807, 2.05) is 0 Å². The van der Waals surface area contributed by atoms with Crippen molar-refractivity contribution in [2.24, 2.45) is 0 Å². The topological polar surface area (TPSA) is 9.86 Å². The molecule has 0 aliphatic rings. The number of rotatable bonds is 5. The average molecular weight is 637 g/mol. The Morgan fingerprint density at radius 2 is 0.780 bits per heavy atom. The van der Waals surface area contributed by atoms with Gasteiger partial charge in [0.25, 0.3) is 0 Å². The van der Waals surface area contributed by atoms with Crippen molar-refractivity contribution in [3.8, 4) is 44.8 Å². The highest BCUT2D eigenvalue weighted by Gasteiger charge is 2.22. The molecule has 2 aromatic heterocycles. The Morgan fingerprint density at radius 3 is 1.48 bits per heavy atom. The van der Waals surface area contributed by atoms with Gasteiger partial charge in [-0.3, -0.25) is 0 Å². The predicted octanol–water partition coefficient (Wildman–Crippen LogP) is 12.9. The van der Waals surface area contributed by atoms with Gasteiger partial charge in [-0.1, -0.05) is 152 Å². The summed E-state index contributed by atoms with van der Waals surface area (Å²) in [5.74, 6) is 0. The van der Waals surface area contributed by atoms with Crippen LogP contribution in [0.5, 0.6) is 0 Å². The molecule has 0 N–H and O–H groups in total. The largest absolute Gasteiger partial charge is 0.309 e. The fraction of sp³-hybridized carbons (Fsp3) is 0. The molecule has 234 valence electrons. The number of aromatic nitrogens is 2. The van der Waals surface area contributed by atoms with Gasteiger partial charge in [-0.2, -0.15) is 0 Å². The molecule has 0 bridgehead atoms. The maximum absolute atomic E-state index is 2.48. The van der Waals surface area contributed by atoms with Crippen LogP contribution in [0.1, 0.15) is 0 Å². The third kappa shape index (κ3) is 4.36. The Labute approximate surface area is 290 Å². The molecule has 0 aliphatic carbocycles. The summed E-state index contributed by atoms with van der Waals surface area (Å²) < 4.78 is 4.91. The van der Waals surface area contributed by atoms with Crippen molar-refractivity contribution in [3.05, 3.63) is 194 Å². The Balaban J connectivity index is 1.27. The van der Waals surface area contributed by atoms with E-state index in [0.717, 1.165) is 5.69 Å². The summed E-state index contributed by atoms with van der Waals surface area (Å²) in [6.07, 6.45) is 0. The first-order valence-electron chi connectivity index (χ1n) is 17.2. The molecule has 0 spiro atoms. The molecule has 0 saturated heterocycles. The first-order chi connectivity index (χ1) is 24.8. The second-order valence-electron chi connectivity index (χ2n) is 12.9. The highest BCUT2D eigenvalue weighted by atomic mass is 15.0. The second-order valence-corrected chi connectivity index (χ2v) is 12.9. The molecule has 10 aromatic rings. The third-order valence-electron chi connectivity index (χ3n) is 10.1. The summed E-state index contributed by atoms with van der Waals surface area (Å²) in [6.45, 7) is 0. The van der Waals surface area contributed by atoms with Crippen molar-refractivity contribution in [1.29, 1.82) is 0 Å². The van der Waals surface area contributed by atoms with Gasteiger partial charge in [-0.15, -0.1) is 0 Å². The van der Waals surface area contributed by atoms with Crippen molar-refractivity contribution in [2.75, 3.05) is 0 Å². The van der Waals surface area contributed by atoms with Crippen LogP contribution in [0.2, 0.25) is 0 Å². The summed E-state index contributed by atoms with van der Waals surface area (Å²) >= 11 is 0. The molecule has 8 aromatic carbocycles. The van der Waals surface area contributed by atoms with E-state index in [4.69, 9.17) is 0 Å². The number of benzene rings is 8. The highest BCUT2D eigenvalue weighted by Crippen LogP contribution is 2.44. The fourth-order valence-corrected chi connectivity index (χ4v) is 7.99. The quantitative estimate of drug-likeness (QED) is 0.178. The molecule has 2 nitrogen and oxygen atoms in total. The van der Waals surface area contributed by atoms with Gasteiger partial charge < -0.3 is 9.13 Å². The number of hydrogen-bond acceptors (Lipinski definition) is 0. The number of para-hydroxylation sites is 3. The number of fused-ring (bicyclic) bond motifs is 7. The molecular formula is C48H32N2. The summed E-state index contributed by atoms with van der Waals surface area (Å²) in [7, 11) is 0. The van der Waals surface area contributed by atoms with Crippen LogP contribution in [0.4, 0.5) is 0 Å². The molecule has 0 aliphatic heterocycles. The Hall–Kier alpha value is -6.64. The van der Waals surface area contributed by atoms with Gasteiger partial charge in [0.05, 0.1) is 27.8 Å². The summed E-state index contributed by atoms with van der Waals surface area (Å²) in [5.41, 5.74) is 14.4. The van der Waals surface area contributed by atoms with Crippen LogP contribution in [0.3, 0.4) is 0 Å². The lowest BCUT2D eigenvalue weighted by molar-refractivity contribution is 1.17. The standard InChI is InChI=1S/C48H32N2/c1-3-16-33(17-4-1)35-20-15-21-36(32-35)49-43-28-13-10-25-40(43)47-45(49)30-31-46-48(47)41-26-11-14-29-44(41)50(46)42-27-12-9-24-39(42)38-23-8-7-22-37(38)34-18-5-2-6-19-34/h1-32H. The van der Waals surface area contributed by atoms with Crippen LogP contribution in [0.25, 0.3) is 88.4 Å². The van der Waals surface area contributed by atoms with E-state index in [-0.39, 0.29) is 0 Å². The zero-order chi connectivity index (χ0) is 33.0. The van der Waals surface area contributed by atoms with Crippen LogP contribution in [0, 0.1) is 0 Å². The zero-order valence-corrected chi connectivity index (χ0v) is 27.4. The summed E-state index contributed by atoms with van der Waals surface area (Å²) in [5, 5.41) is 5.06. The summed E-state index contributed by atoms with van der Waals surface area (Å²) in [6, 6.07) is 70.3. The minimum Gasteiger partial charge on any atom is -0.309 e. The third-order valence-corrected chi connectivity index (χ3v) is 10.1. The Morgan fingerprint density at radius 1 is 0.280 bits per heavy atom. The summed E-state index contributed by atoms with van der Waals surface area (Å²) in [4.78, 5) is 0. The number of hydrogen-bond donors (Lipinski definition) is 0. The molecule has 50 heavy (non-hydrogen) atoms. The van der Waals surface area contributed by atoms with Gasteiger partial charge in [0.15, 0.2) is 0 Å². The molecule has 10 rings (SSSR count). The molecular weight excluding hydrogens is 605 g/mol. The van der Waals surface area contributed by atoms with Gasteiger partial charge in [0.2, 0.25) is 0 Å². The molecule has 2 heteroatoms. The van der Waals surface area contributed by atoms with Crippen LogP contribution in [0.15, 0.2) is 194 Å². The van der Waals surface area contributed by atoms with E-state index in [1.165, 1.54) is 82.7 Å². The van der Waals surface area contributed by atoms with Crippen LogP contribution < -0.4 is 0 Å². The van der Waals surface area contributed by atoms with E-state index in [2.05, 4.69) is 203 Å². The van der Waals surface area contributed by atoms with Crippen molar-refractivity contribution in [1.82, 2.24) is 9.13 Å². The smallest absolute Gasteiger partial charge is 0.0549 e. The van der Waals surface area contributed by atoms with Gasteiger partial charge in [-0.05, 0) is 70.3 Å². The highest BCUT2D eigenvalue weighted by molar-refractivity contribution is 6.29. The lowest BCUT2D eigenvalue weighted by Crippen LogP contribution is -1.98. The van der Waals surface area contributed by atoms with Gasteiger partial charge in [0.1, 0.15) is 0 Å². The molecule has 0 radical (unpaired) electrons. The number of nitrogens with zero attached hydrogens (tertiary/aromatic N) is 2.